The van der Waals surface area contributed by atoms with E-state index < -0.39 is 16.3 Å². The topological polar surface area (TPSA) is 87.1 Å². The van der Waals surface area contributed by atoms with Crippen LogP contribution in [-0.4, -0.2) is 23.1 Å². The summed E-state index contributed by atoms with van der Waals surface area (Å²) in [6, 6.07) is 19.3. The molecule has 30 heavy (non-hydrogen) atoms. The number of hydrogen-bond acceptors (Lipinski definition) is 5. The first kappa shape index (κ1) is 20.4. The minimum atomic E-state index is -4.43. The van der Waals surface area contributed by atoms with Gasteiger partial charge in [0.15, 0.2) is 12.0 Å². The molecular weight excluding hydrogens is 426 g/mol. The molecule has 1 heterocycles. The summed E-state index contributed by atoms with van der Waals surface area (Å²) in [5.41, 5.74) is 2.41. The number of benzene rings is 3. The molecule has 1 unspecified atom stereocenters. The zero-order chi connectivity index (χ0) is 21.3. The molecule has 0 amide bonds. The van der Waals surface area contributed by atoms with Crippen molar-refractivity contribution in [3.8, 4) is 5.75 Å². The highest BCUT2D eigenvalue weighted by Gasteiger charge is 2.28. The fourth-order valence-corrected chi connectivity index (χ4v) is 4.25. The second-order valence-corrected chi connectivity index (χ2v) is 8.62. The maximum atomic E-state index is 11.6. The SMILES string of the molecule is O=S(=O)(O)c1cccc2c1C=CN(Oc1ccc(Cl)cc1Cc1ccccc1)C2O. The molecule has 3 aromatic rings. The summed E-state index contributed by atoms with van der Waals surface area (Å²) in [6.07, 6.45) is 2.20. The third-order valence-electron chi connectivity index (χ3n) is 4.75. The second-order valence-electron chi connectivity index (χ2n) is 6.79. The van der Waals surface area contributed by atoms with Gasteiger partial charge >= 0.3 is 0 Å². The zero-order valence-corrected chi connectivity index (χ0v) is 17.2. The van der Waals surface area contributed by atoms with E-state index in [4.69, 9.17) is 16.4 Å². The Balaban J connectivity index is 1.65. The third kappa shape index (κ3) is 4.20. The van der Waals surface area contributed by atoms with Crippen molar-refractivity contribution in [1.29, 1.82) is 0 Å². The molecule has 0 aromatic heterocycles. The van der Waals surface area contributed by atoms with Crippen LogP contribution in [-0.2, 0) is 16.5 Å². The Morgan fingerprint density at radius 3 is 2.53 bits per heavy atom. The van der Waals surface area contributed by atoms with Crippen LogP contribution in [0.3, 0.4) is 0 Å². The van der Waals surface area contributed by atoms with Crippen molar-refractivity contribution in [3.05, 3.63) is 100 Å². The van der Waals surface area contributed by atoms with Crippen molar-refractivity contribution >= 4 is 27.8 Å². The predicted octanol–water partition coefficient (Wildman–Crippen LogP) is 4.45. The highest BCUT2D eigenvalue weighted by molar-refractivity contribution is 7.85. The maximum absolute atomic E-state index is 11.6. The van der Waals surface area contributed by atoms with Gasteiger partial charge in [0.1, 0.15) is 4.90 Å². The lowest BCUT2D eigenvalue weighted by molar-refractivity contribution is -0.138. The highest BCUT2D eigenvalue weighted by atomic mass is 35.5. The summed E-state index contributed by atoms with van der Waals surface area (Å²) >= 11 is 6.17. The molecule has 1 aliphatic heterocycles. The van der Waals surface area contributed by atoms with Crippen LogP contribution in [0, 0.1) is 0 Å². The average molecular weight is 444 g/mol. The summed E-state index contributed by atoms with van der Waals surface area (Å²) in [5, 5.41) is 12.5. The lowest BCUT2D eigenvalue weighted by Gasteiger charge is -2.31. The number of halogens is 1. The summed E-state index contributed by atoms with van der Waals surface area (Å²) < 4.78 is 32.7. The first-order valence-corrected chi connectivity index (χ1v) is 10.9. The molecular formula is C22H18ClNO5S. The lowest BCUT2D eigenvalue weighted by Crippen LogP contribution is -2.30. The van der Waals surface area contributed by atoms with E-state index in [2.05, 4.69) is 0 Å². The van der Waals surface area contributed by atoms with Gasteiger partial charge in [-0.1, -0.05) is 54.1 Å². The molecule has 0 aliphatic carbocycles. The van der Waals surface area contributed by atoms with Crippen LogP contribution < -0.4 is 4.84 Å². The summed E-state index contributed by atoms with van der Waals surface area (Å²) in [6.45, 7) is 0. The number of rotatable bonds is 5. The Morgan fingerprint density at radius 1 is 1.03 bits per heavy atom. The fourth-order valence-electron chi connectivity index (χ4n) is 3.34. The molecule has 1 aliphatic rings. The van der Waals surface area contributed by atoms with E-state index in [1.807, 2.05) is 30.3 Å². The lowest BCUT2D eigenvalue weighted by atomic mass is 10.0. The molecule has 0 bridgehead atoms. The number of fused-ring (bicyclic) bond motifs is 1. The zero-order valence-electron chi connectivity index (χ0n) is 15.6. The van der Waals surface area contributed by atoms with Gasteiger partial charge in [0.25, 0.3) is 10.1 Å². The first-order chi connectivity index (χ1) is 14.3. The largest absolute Gasteiger partial charge is 0.377 e. The smallest absolute Gasteiger partial charge is 0.295 e. The van der Waals surface area contributed by atoms with E-state index in [-0.39, 0.29) is 10.5 Å². The van der Waals surface area contributed by atoms with Crippen molar-refractivity contribution in [2.75, 3.05) is 0 Å². The molecule has 0 spiro atoms. The second kappa shape index (κ2) is 8.12. The summed E-state index contributed by atoms with van der Waals surface area (Å²) in [4.78, 5) is 5.66. The van der Waals surface area contributed by atoms with E-state index in [1.54, 1.807) is 24.3 Å². The number of aliphatic hydroxyl groups excluding tert-OH is 1. The molecule has 154 valence electrons. The predicted molar refractivity (Wildman–Crippen MR) is 113 cm³/mol. The number of nitrogens with zero attached hydrogens (tertiary/aromatic N) is 1. The monoisotopic (exact) mass is 443 g/mol. The summed E-state index contributed by atoms with van der Waals surface area (Å²) in [7, 11) is -4.43. The van der Waals surface area contributed by atoms with E-state index in [0.29, 0.717) is 22.8 Å². The number of hydrogen-bond donors (Lipinski definition) is 2. The minimum absolute atomic E-state index is 0.216. The Bertz CT molecular complexity index is 1210. The van der Waals surface area contributed by atoms with Gasteiger partial charge < -0.3 is 9.94 Å². The van der Waals surface area contributed by atoms with Crippen molar-refractivity contribution in [2.24, 2.45) is 0 Å². The van der Waals surface area contributed by atoms with E-state index in [9.17, 15) is 18.1 Å². The van der Waals surface area contributed by atoms with Gasteiger partial charge in [0.2, 0.25) is 0 Å². The normalized spacial score (nSPS) is 15.7. The van der Waals surface area contributed by atoms with Crippen molar-refractivity contribution < 1.29 is 22.9 Å². The Morgan fingerprint density at radius 2 is 1.80 bits per heavy atom. The highest BCUT2D eigenvalue weighted by Crippen LogP contribution is 2.34. The van der Waals surface area contributed by atoms with Gasteiger partial charge in [-0.25, -0.2) is 0 Å². The number of aliphatic hydroxyl groups is 1. The molecule has 0 radical (unpaired) electrons. The Labute approximate surface area is 179 Å². The van der Waals surface area contributed by atoms with Crippen LogP contribution in [0.15, 0.2) is 77.8 Å². The van der Waals surface area contributed by atoms with Crippen molar-refractivity contribution in [1.82, 2.24) is 5.06 Å². The first-order valence-electron chi connectivity index (χ1n) is 9.08. The van der Waals surface area contributed by atoms with Crippen molar-refractivity contribution in [2.45, 2.75) is 17.5 Å². The van der Waals surface area contributed by atoms with Crippen LogP contribution in [0.5, 0.6) is 5.75 Å². The van der Waals surface area contributed by atoms with Gasteiger partial charge in [-0.15, -0.1) is 0 Å². The molecule has 6 nitrogen and oxygen atoms in total. The van der Waals surface area contributed by atoms with Crippen LogP contribution in [0.4, 0.5) is 0 Å². The van der Waals surface area contributed by atoms with Gasteiger partial charge in [0, 0.05) is 34.3 Å². The minimum Gasteiger partial charge on any atom is -0.377 e. The molecule has 0 fully saturated rings. The molecule has 0 saturated carbocycles. The van der Waals surface area contributed by atoms with Gasteiger partial charge in [-0.3, -0.25) is 4.55 Å². The fraction of sp³-hybridized carbons (Fsp3) is 0.0909. The van der Waals surface area contributed by atoms with Gasteiger partial charge in [-0.2, -0.15) is 13.5 Å². The Hall–Kier alpha value is -2.84. The average Bonchev–Trinajstić information content (AvgIpc) is 2.71. The molecule has 1 atom stereocenters. The van der Waals surface area contributed by atoms with E-state index >= 15 is 0 Å². The molecule has 2 N–H and O–H groups in total. The third-order valence-corrected chi connectivity index (χ3v) is 5.90. The van der Waals surface area contributed by atoms with E-state index in [0.717, 1.165) is 11.1 Å². The molecule has 4 rings (SSSR count). The summed E-state index contributed by atoms with van der Waals surface area (Å²) in [5.74, 6) is 0.501. The van der Waals surface area contributed by atoms with Crippen LogP contribution >= 0.6 is 11.6 Å². The van der Waals surface area contributed by atoms with Crippen LogP contribution in [0.2, 0.25) is 5.02 Å². The maximum Gasteiger partial charge on any atom is 0.295 e. The van der Waals surface area contributed by atoms with Gasteiger partial charge in [-0.05, 0) is 35.9 Å². The molecule has 3 aromatic carbocycles. The molecule has 8 heteroatoms. The standard InChI is InChI=1S/C22H18ClNO5S/c23-17-9-10-20(16(14-17)13-15-5-2-1-3-6-15)29-24-12-11-18-19(22(24)25)7-4-8-21(18)30(26,27)28/h1-12,14,22,25H,13H2,(H,26,27,28). The Kier molecular flexibility index (Phi) is 5.53. The van der Waals surface area contributed by atoms with Crippen molar-refractivity contribution in [3.63, 3.8) is 0 Å². The van der Waals surface area contributed by atoms with Crippen LogP contribution in [0.25, 0.3) is 6.08 Å². The molecule has 0 saturated heterocycles. The van der Waals surface area contributed by atoms with Crippen LogP contribution in [0.1, 0.15) is 28.5 Å². The van der Waals surface area contributed by atoms with E-state index in [1.165, 1.54) is 29.5 Å². The van der Waals surface area contributed by atoms with Gasteiger partial charge in [0.05, 0.1) is 0 Å². The number of hydroxylamine groups is 2. The quantitative estimate of drug-likeness (QED) is 0.566.